The highest BCUT2D eigenvalue weighted by Crippen LogP contribution is 2.14. The van der Waals surface area contributed by atoms with Gasteiger partial charge in [-0.1, -0.05) is 24.3 Å². The Hall–Kier alpha value is -1.50. The van der Waals surface area contributed by atoms with Crippen molar-refractivity contribution in [1.82, 2.24) is 0 Å². The van der Waals surface area contributed by atoms with Crippen LogP contribution in [0.5, 0.6) is 5.75 Å². The lowest BCUT2D eigenvalue weighted by Gasteiger charge is -2.05. The van der Waals surface area contributed by atoms with E-state index < -0.39 is 0 Å². The van der Waals surface area contributed by atoms with Gasteiger partial charge in [-0.25, -0.2) is 0 Å². The third kappa shape index (κ3) is 2.79. The van der Waals surface area contributed by atoms with Crippen molar-refractivity contribution in [1.29, 1.82) is 0 Å². The summed E-state index contributed by atoms with van der Waals surface area (Å²) in [6.07, 6.45) is 3.58. The Morgan fingerprint density at radius 1 is 1.31 bits per heavy atom. The van der Waals surface area contributed by atoms with Gasteiger partial charge in [0.25, 0.3) is 0 Å². The Bertz CT molecular complexity index is 306. The Labute approximate surface area is 79.4 Å². The monoisotopic (exact) mass is 174 g/mol. The van der Waals surface area contributed by atoms with E-state index in [1.807, 2.05) is 44.2 Å². The average molecular weight is 174 g/mol. The van der Waals surface area contributed by atoms with Gasteiger partial charge in [-0.15, -0.1) is 0 Å². The van der Waals surface area contributed by atoms with Gasteiger partial charge in [0.2, 0.25) is 0 Å². The van der Waals surface area contributed by atoms with Crippen molar-refractivity contribution < 1.29 is 4.74 Å². The SMILES string of the molecule is C=C/C(=C\C)Oc1ccc(C)cc1. The van der Waals surface area contributed by atoms with Gasteiger partial charge in [0, 0.05) is 0 Å². The molecule has 0 aliphatic rings. The van der Waals surface area contributed by atoms with Gasteiger partial charge in [-0.05, 0) is 38.1 Å². The van der Waals surface area contributed by atoms with E-state index in [9.17, 15) is 0 Å². The van der Waals surface area contributed by atoms with E-state index in [1.54, 1.807) is 6.08 Å². The molecule has 0 atom stereocenters. The Kier molecular flexibility index (Phi) is 3.32. The van der Waals surface area contributed by atoms with Crippen LogP contribution >= 0.6 is 0 Å². The zero-order chi connectivity index (χ0) is 9.68. The molecule has 1 nitrogen and oxygen atoms in total. The van der Waals surface area contributed by atoms with E-state index in [4.69, 9.17) is 4.74 Å². The van der Waals surface area contributed by atoms with Gasteiger partial charge >= 0.3 is 0 Å². The predicted molar refractivity (Wildman–Crippen MR) is 55.8 cm³/mol. The quantitative estimate of drug-likeness (QED) is 0.503. The number of benzene rings is 1. The molecule has 0 amide bonds. The van der Waals surface area contributed by atoms with Gasteiger partial charge in [0.15, 0.2) is 0 Å². The molecule has 0 unspecified atom stereocenters. The largest absolute Gasteiger partial charge is 0.458 e. The summed E-state index contributed by atoms with van der Waals surface area (Å²) in [6.45, 7) is 7.62. The van der Waals surface area contributed by atoms with Crippen LogP contribution in [0.25, 0.3) is 0 Å². The summed E-state index contributed by atoms with van der Waals surface area (Å²) in [5.41, 5.74) is 1.23. The molecule has 0 heterocycles. The topological polar surface area (TPSA) is 9.23 Å². The number of rotatable bonds is 3. The molecule has 0 saturated carbocycles. The van der Waals surface area contributed by atoms with E-state index in [0.29, 0.717) is 0 Å². The molecule has 1 heteroatoms. The fourth-order valence-corrected chi connectivity index (χ4v) is 0.961. The first kappa shape index (κ1) is 9.59. The summed E-state index contributed by atoms with van der Waals surface area (Å²) in [4.78, 5) is 0. The Morgan fingerprint density at radius 3 is 2.38 bits per heavy atom. The summed E-state index contributed by atoms with van der Waals surface area (Å²) < 4.78 is 5.51. The maximum Gasteiger partial charge on any atom is 0.127 e. The van der Waals surface area contributed by atoms with Crippen LogP contribution in [0.15, 0.2) is 48.8 Å². The summed E-state index contributed by atoms with van der Waals surface area (Å²) in [5, 5.41) is 0. The van der Waals surface area contributed by atoms with Crippen molar-refractivity contribution in [3.05, 3.63) is 54.3 Å². The maximum absolute atomic E-state index is 5.51. The van der Waals surface area contributed by atoms with Crippen LogP contribution in [0.4, 0.5) is 0 Å². The number of hydrogen-bond donors (Lipinski definition) is 0. The molecule has 0 fully saturated rings. The average Bonchev–Trinajstić information content (AvgIpc) is 2.17. The van der Waals surface area contributed by atoms with Gasteiger partial charge in [-0.2, -0.15) is 0 Å². The third-order valence-electron chi connectivity index (χ3n) is 1.74. The first-order valence-corrected chi connectivity index (χ1v) is 4.29. The zero-order valence-corrected chi connectivity index (χ0v) is 8.08. The first-order valence-electron chi connectivity index (χ1n) is 4.29. The molecular weight excluding hydrogens is 160 g/mol. The molecule has 0 saturated heterocycles. The second-order valence-corrected chi connectivity index (χ2v) is 2.81. The fourth-order valence-electron chi connectivity index (χ4n) is 0.961. The highest BCUT2D eigenvalue weighted by atomic mass is 16.5. The van der Waals surface area contributed by atoms with Crippen molar-refractivity contribution in [2.75, 3.05) is 0 Å². The molecule has 0 aliphatic carbocycles. The van der Waals surface area contributed by atoms with Crippen LogP contribution < -0.4 is 4.74 Å². The van der Waals surface area contributed by atoms with Crippen LogP contribution in [0.3, 0.4) is 0 Å². The molecule has 0 N–H and O–H groups in total. The number of hydrogen-bond acceptors (Lipinski definition) is 1. The van der Waals surface area contributed by atoms with Crippen LogP contribution in [0.1, 0.15) is 12.5 Å². The van der Waals surface area contributed by atoms with E-state index in [0.717, 1.165) is 11.5 Å². The van der Waals surface area contributed by atoms with E-state index >= 15 is 0 Å². The van der Waals surface area contributed by atoms with Gasteiger partial charge < -0.3 is 4.74 Å². The Balaban J connectivity index is 2.74. The predicted octanol–water partition coefficient (Wildman–Crippen LogP) is 3.46. The summed E-state index contributed by atoms with van der Waals surface area (Å²) in [7, 11) is 0. The van der Waals surface area contributed by atoms with Crippen molar-refractivity contribution in [3.63, 3.8) is 0 Å². The van der Waals surface area contributed by atoms with Gasteiger partial charge in [-0.3, -0.25) is 0 Å². The normalized spacial score (nSPS) is 11.1. The van der Waals surface area contributed by atoms with Crippen molar-refractivity contribution in [3.8, 4) is 5.75 Å². The molecule has 13 heavy (non-hydrogen) atoms. The maximum atomic E-state index is 5.51. The molecule has 68 valence electrons. The molecule has 1 rings (SSSR count). The summed E-state index contributed by atoms with van der Waals surface area (Å²) in [6, 6.07) is 7.93. The summed E-state index contributed by atoms with van der Waals surface area (Å²) in [5.74, 6) is 1.63. The lowest BCUT2D eigenvalue weighted by atomic mass is 10.2. The van der Waals surface area contributed by atoms with Crippen LogP contribution in [-0.2, 0) is 0 Å². The van der Waals surface area contributed by atoms with Crippen LogP contribution in [0.2, 0.25) is 0 Å². The van der Waals surface area contributed by atoms with Crippen molar-refractivity contribution in [2.45, 2.75) is 13.8 Å². The van der Waals surface area contributed by atoms with E-state index in [2.05, 4.69) is 6.58 Å². The molecule has 1 aromatic carbocycles. The molecule has 0 spiro atoms. The molecule has 0 aliphatic heterocycles. The minimum atomic E-state index is 0.781. The molecule has 0 aromatic heterocycles. The second kappa shape index (κ2) is 4.51. The van der Waals surface area contributed by atoms with Gasteiger partial charge in [0.05, 0.1) is 0 Å². The molecule has 1 aromatic rings. The zero-order valence-electron chi connectivity index (χ0n) is 8.08. The minimum absolute atomic E-state index is 0.781. The lowest BCUT2D eigenvalue weighted by Crippen LogP contribution is -1.90. The standard InChI is InChI=1S/C12H14O/c1-4-11(5-2)13-12-8-6-10(3)7-9-12/h4-9H,1H2,2-3H3/b11-5+. The smallest absolute Gasteiger partial charge is 0.127 e. The summed E-state index contributed by atoms with van der Waals surface area (Å²) >= 11 is 0. The van der Waals surface area contributed by atoms with E-state index in [1.165, 1.54) is 5.56 Å². The minimum Gasteiger partial charge on any atom is -0.458 e. The second-order valence-electron chi connectivity index (χ2n) is 2.81. The number of aryl methyl sites for hydroxylation is 1. The van der Waals surface area contributed by atoms with Gasteiger partial charge in [0.1, 0.15) is 11.5 Å². The van der Waals surface area contributed by atoms with Crippen molar-refractivity contribution >= 4 is 0 Å². The fraction of sp³-hybridized carbons (Fsp3) is 0.167. The highest BCUT2D eigenvalue weighted by Gasteiger charge is 1.94. The van der Waals surface area contributed by atoms with Crippen LogP contribution in [0, 0.1) is 6.92 Å². The Morgan fingerprint density at radius 2 is 1.92 bits per heavy atom. The molecule has 0 bridgehead atoms. The number of allylic oxidation sites excluding steroid dienone is 2. The first-order chi connectivity index (χ1) is 6.26. The van der Waals surface area contributed by atoms with E-state index in [-0.39, 0.29) is 0 Å². The third-order valence-corrected chi connectivity index (χ3v) is 1.74. The lowest BCUT2D eigenvalue weighted by molar-refractivity contribution is 0.443. The van der Waals surface area contributed by atoms with Crippen LogP contribution in [-0.4, -0.2) is 0 Å². The molecular formula is C12H14O. The molecule has 0 radical (unpaired) electrons. The highest BCUT2D eigenvalue weighted by molar-refractivity contribution is 5.29. The van der Waals surface area contributed by atoms with Crippen molar-refractivity contribution in [2.24, 2.45) is 0 Å². The number of ether oxygens (including phenoxy) is 1.